The molecule has 0 unspecified atom stereocenters. The van der Waals surface area contributed by atoms with Crippen LogP contribution in [0.15, 0.2) is 75.9 Å². The molecule has 3 aromatic carbocycles. The molecule has 4 aromatic rings. The van der Waals surface area contributed by atoms with Gasteiger partial charge in [-0.2, -0.15) is 0 Å². The summed E-state index contributed by atoms with van der Waals surface area (Å²) in [5.41, 5.74) is 1.19. The summed E-state index contributed by atoms with van der Waals surface area (Å²) in [7, 11) is 0. The fraction of sp³-hybridized carbons (Fsp3) is 0.174. The molecule has 2 heterocycles. The summed E-state index contributed by atoms with van der Waals surface area (Å²) in [6.07, 6.45) is 0.0502. The van der Waals surface area contributed by atoms with E-state index >= 15 is 0 Å². The zero-order chi connectivity index (χ0) is 18.9. The third kappa shape index (κ3) is 3.21. The average Bonchev–Trinajstić information content (AvgIpc) is 2.70. The number of hydrogen-bond acceptors (Lipinski definition) is 5. The Labute approximate surface area is 161 Å². The van der Waals surface area contributed by atoms with Crippen LogP contribution in [0.25, 0.3) is 21.7 Å². The molecule has 0 spiro atoms. The summed E-state index contributed by atoms with van der Waals surface area (Å²) in [6.45, 7) is 1.61. The second kappa shape index (κ2) is 7.02. The Morgan fingerprint density at radius 3 is 2.43 bits per heavy atom. The molecule has 5 heteroatoms. The number of rotatable bonds is 5. The molecular formula is C23H18O5. The van der Waals surface area contributed by atoms with E-state index in [1.165, 1.54) is 0 Å². The summed E-state index contributed by atoms with van der Waals surface area (Å²) in [4.78, 5) is 12.5. The molecule has 28 heavy (non-hydrogen) atoms. The van der Waals surface area contributed by atoms with Crippen molar-refractivity contribution in [2.45, 2.75) is 12.7 Å². The van der Waals surface area contributed by atoms with Gasteiger partial charge < -0.3 is 18.6 Å². The van der Waals surface area contributed by atoms with Crippen LogP contribution in [0.4, 0.5) is 0 Å². The summed E-state index contributed by atoms with van der Waals surface area (Å²) < 4.78 is 22.3. The predicted octanol–water partition coefficient (Wildman–Crippen LogP) is 4.30. The molecule has 0 bridgehead atoms. The zero-order valence-electron chi connectivity index (χ0n) is 15.1. The molecule has 0 radical (unpaired) electrons. The number of benzene rings is 3. The molecule has 1 aliphatic heterocycles. The van der Waals surface area contributed by atoms with E-state index in [0.29, 0.717) is 42.3 Å². The van der Waals surface area contributed by atoms with Crippen LogP contribution in [0.2, 0.25) is 0 Å². The van der Waals surface area contributed by atoms with E-state index < -0.39 is 5.63 Å². The van der Waals surface area contributed by atoms with E-state index in [1.54, 1.807) is 12.1 Å². The van der Waals surface area contributed by atoms with Gasteiger partial charge in [-0.15, -0.1) is 0 Å². The lowest BCUT2D eigenvalue weighted by Gasteiger charge is -2.26. The first-order chi connectivity index (χ1) is 13.8. The lowest BCUT2D eigenvalue weighted by Crippen LogP contribution is -2.38. The van der Waals surface area contributed by atoms with E-state index in [9.17, 15) is 4.79 Å². The highest BCUT2D eigenvalue weighted by molar-refractivity contribution is 6.04. The van der Waals surface area contributed by atoms with E-state index in [1.807, 2.05) is 54.6 Å². The molecule has 0 N–H and O–H groups in total. The smallest absolute Gasteiger partial charge is 0.344 e. The van der Waals surface area contributed by atoms with Gasteiger partial charge in [0.25, 0.3) is 0 Å². The lowest BCUT2D eigenvalue weighted by atomic mass is 10.1. The lowest BCUT2D eigenvalue weighted by molar-refractivity contribution is -0.0796. The molecule has 5 nitrogen and oxygen atoms in total. The molecule has 1 fully saturated rings. The molecule has 1 aromatic heterocycles. The fourth-order valence-corrected chi connectivity index (χ4v) is 3.27. The van der Waals surface area contributed by atoms with Crippen LogP contribution in [-0.4, -0.2) is 19.3 Å². The van der Waals surface area contributed by atoms with Crippen molar-refractivity contribution in [1.82, 2.24) is 0 Å². The number of hydrogen-bond donors (Lipinski definition) is 0. The van der Waals surface area contributed by atoms with Gasteiger partial charge in [-0.25, -0.2) is 4.79 Å². The average molecular weight is 374 g/mol. The number of fused-ring (bicyclic) bond motifs is 3. The van der Waals surface area contributed by atoms with Crippen molar-refractivity contribution >= 4 is 21.7 Å². The van der Waals surface area contributed by atoms with Crippen LogP contribution in [0, 0.1) is 0 Å². The molecule has 1 aliphatic rings. The fourth-order valence-electron chi connectivity index (χ4n) is 3.27. The van der Waals surface area contributed by atoms with E-state index in [4.69, 9.17) is 18.6 Å². The zero-order valence-corrected chi connectivity index (χ0v) is 15.1. The topological polar surface area (TPSA) is 57.9 Å². The highest BCUT2D eigenvalue weighted by Gasteiger charge is 2.20. The minimum Gasteiger partial charge on any atom is -0.489 e. The Morgan fingerprint density at radius 2 is 1.64 bits per heavy atom. The predicted molar refractivity (Wildman–Crippen MR) is 106 cm³/mol. The quantitative estimate of drug-likeness (QED) is 0.385. The molecule has 5 rings (SSSR count). The summed E-state index contributed by atoms with van der Waals surface area (Å²) >= 11 is 0. The second-order valence-electron chi connectivity index (χ2n) is 6.81. The van der Waals surface area contributed by atoms with Crippen LogP contribution < -0.4 is 15.1 Å². The van der Waals surface area contributed by atoms with Crippen LogP contribution in [0.3, 0.4) is 0 Å². The van der Waals surface area contributed by atoms with Crippen LogP contribution in [0.5, 0.6) is 11.5 Å². The first kappa shape index (κ1) is 16.8. The highest BCUT2D eigenvalue weighted by Crippen LogP contribution is 2.29. The Kier molecular flexibility index (Phi) is 4.22. The summed E-state index contributed by atoms with van der Waals surface area (Å²) in [5, 5.41) is 2.20. The monoisotopic (exact) mass is 374 g/mol. The van der Waals surface area contributed by atoms with Crippen molar-refractivity contribution < 1.29 is 18.6 Å². The Hall–Kier alpha value is -3.31. The Bertz CT molecular complexity index is 1190. The van der Waals surface area contributed by atoms with Crippen LogP contribution >= 0.6 is 0 Å². The van der Waals surface area contributed by atoms with Gasteiger partial charge in [0.2, 0.25) is 0 Å². The molecule has 1 saturated heterocycles. The number of ether oxygens (including phenoxy) is 3. The molecule has 0 atom stereocenters. The van der Waals surface area contributed by atoms with Crippen molar-refractivity contribution in [2.75, 3.05) is 13.2 Å². The van der Waals surface area contributed by atoms with Crippen molar-refractivity contribution in [3.8, 4) is 11.5 Å². The minimum atomic E-state index is -0.391. The summed E-state index contributed by atoms with van der Waals surface area (Å²) in [5.74, 6) is 1.30. The van der Waals surface area contributed by atoms with E-state index in [0.717, 1.165) is 16.3 Å². The van der Waals surface area contributed by atoms with Gasteiger partial charge in [-0.1, -0.05) is 30.3 Å². The maximum atomic E-state index is 12.5. The summed E-state index contributed by atoms with van der Waals surface area (Å²) in [6, 6.07) is 21.0. The largest absolute Gasteiger partial charge is 0.489 e. The van der Waals surface area contributed by atoms with Gasteiger partial charge in [0.05, 0.1) is 18.6 Å². The van der Waals surface area contributed by atoms with Crippen LogP contribution in [-0.2, 0) is 11.3 Å². The standard InChI is InChI=1S/C23H18O5/c24-23-21-10-17(27-18-13-25-14-18)7-8-19(21)20-9-6-16(11-22(20)28-23)26-12-15-4-2-1-3-5-15/h1-11,18H,12-14H2. The maximum Gasteiger partial charge on any atom is 0.344 e. The van der Waals surface area contributed by atoms with Gasteiger partial charge in [0, 0.05) is 16.8 Å². The van der Waals surface area contributed by atoms with Gasteiger partial charge in [-0.05, 0) is 35.9 Å². The normalized spacial score (nSPS) is 14.1. The maximum absolute atomic E-state index is 12.5. The van der Waals surface area contributed by atoms with Gasteiger partial charge >= 0.3 is 5.63 Å². The molecular weight excluding hydrogens is 356 g/mol. The SMILES string of the molecule is O=c1oc2cc(OCc3ccccc3)ccc2c2ccc(OC3COC3)cc12. The Morgan fingerprint density at radius 1 is 0.857 bits per heavy atom. The third-order valence-corrected chi connectivity index (χ3v) is 4.82. The molecule has 140 valence electrons. The van der Waals surface area contributed by atoms with Crippen molar-refractivity contribution in [2.24, 2.45) is 0 Å². The van der Waals surface area contributed by atoms with E-state index in [2.05, 4.69) is 0 Å². The molecule has 0 amide bonds. The van der Waals surface area contributed by atoms with Crippen molar-refractivity contribution in [3.63, 3.8) is 0 Å². The van der Waals surface area contributed by atoms with Crippen LogP contribution in [0.1, 0.15) is 5.56 Å². The minimum absolute atomic E-state index is 0.0502. The first-order valence-corrected chi connectivity index (χ1v) is 9.18. The van der Waals surface area contributed by atoms with Gasteiger partial charge in [0.15, 0.2) is 0 Å². The van der Waals surface area contributed by atoms with Crippen molar-refractivity contribution in [3.05, 3.63) is 82.7 Å². The van der Waals surface area contributed by atoms with Crippen molar-refractivity contribution in [1.29, 1.82) is 0 Å². The second-order valence-corrected chi connectivity index (χ2v) is 6.81. The highest BCUT2D eigenvalue weighted by atomic mass is 16.6. The molecule has 0 saturated carbocycles. The Balaban J connectivity index is 1.47. The molecule has 0 aliphatic carbocycles. The first-order valence-electron chi connectivity index (χ1n) is 9.18. The third-order valence-electron chi connectivity index (χ3n) is 4.82. The van der Waals surface area contributed by atoms with E-state index in [-0.39, 0.29) is 6.10 Å². The van der Waals surface area contributed by atoms with Gasteiger partial charge in [0.1, 0.15) is 29.8 Å². The van der Waals surface area contributed by atoms with Gasteiger partial charge in [-0.3, -0.25) is 0 Å².